The van der Waals surface area contributed by atoms with E-state index in [9.17, 15) is 4.79 Å². The summed E-state index contributed by atoms with van der Waals surface area (Å²) in [7, 11) is 0. The fourth-order valence-electron chi connectivity index (χ4n) is 2.41. The lowest BCUT2D eigenvalue weighted by atomic mass is 9.96. The van der Waals surface area contributed by atoms with Gasteiger partial charge in [0.25, 0.3) is 0 Å². The summed E-state index contributed by atoms with van der Waals surface area (Å²) in [5.41, 5.74) is 1.36. The van der Waals surface area contributed by atoms with Crippen LogP contribution in [0.25, 0.3) is 0 Å². The maximum Gasteiger partial charge on any atom is 0.315 e. The quantitative estimate of drug-likeness (QED) is 0.861. The summed E-state index contributed by atoms with van der Waals surface area (Å²) in [4.78, 5) is 13.0. The van der Waals surface area contributed by atoms with E-state index < -0.39 is 0 Å². The lowest BCUT2D eigenvalue weighted by Gasteiger charge is -2.17. The molecule has 0 saturated heterocycles. The van der Waals surface area contributed by atoms with Crippen LogP contribution in [-0.2, 0) is 12.0 Å². The summed E-state index contributed by atoms with van der Waals surface area (Å²) in [6.45, 7) is 1.25. The van der Waals surface area contributed by atoms with Gasteiger partial charge in [-0.05, 0) is 42.0 Å². The fourth-order valence-corrected chi connectivity index (χ4v) is 3.18. The molecule has 0 atom stereocenters. The number of thiophene rings is 1. The van der Waals surface area contributed by atoms with Crippen LogP contribution in [0.4, 0.5) is 4.79 Å². The monoisotopic (exact) mass is 320 g/mol. The predicted molar refractivity (Wildman–Crippen MR) is 86.9 cm³/mol. The molecular weight excluding hydrogens is 304 g/mol. The second-order valence-electron chi connectivity index (χ2n) is 5.40. The molecule has 2 amide bonds. The number of rotatable bonds is 5. The number of urea groups is 1. The Kier molecular flexibility index (Phi) is 4.17. The highest BCUT2D eigenvalue weighted by Gasteiger charge is 2.44. The van der Waals surface area contributed by atoms with Crippen LogP contribution in [-0.4, -0.2) is 12.6 Å². The lowest BCUT2D eigenvalue weighted by molar-refractivity contribution is 0.239. The molecule has 1 aliphatic rings. The minimum atomic E-state index is -0.108. The van der Waals surface area contributed by atoms with Gasteiger partial charge in [0.15, 0.2) is 0 Å². The average molecular weight is 321 g/mol. The SMILES string of the molecule is O=C(NCc1cccs1)NCC1(c2ccc(Cl)cc2)CC1. The van der Waals surface area contributed by atoms with E-state index in [0.717, 1.165) is 22.7 Å². The zero-order valence-electron chi connectivity index (χ0n) is 11.6. The molecule has 3 nitrogen and oxygen atoms in total. The molecule has 1 aromatic carbocycles. The fraction of sp³-hybridized carbons (Fsp3) is 0.312. The Morgan fingerprint density at radius 2 is 1.95 bits per heavy atom. The summed E-state index contributed by atoms with van der Waals surface area (Å²) >= 11 is 7.57. The maximum absolute atomic E-state index is 11.9. The van der Waals surface area contributed by atoms with E-state index in [2.05, 4.69) is 22.8 Å². The highest BCUT2D eigenvalue weighted by molar-refractivity contribution is 7.09. The van der Waals surface area contributed by atoms with Gasteiger partial charge >= 0.3 is 6.03 Å². The number of benzene rings is 1. The molecule has 1 saturated carbocycles. The Bertz CT molecular complexity index is 606. The van der Waals surface area contributed by atoms with Gasteiger partial charge in [0.05, 0.1) is 6.54 Å². The standard InChI is InChI=1S/C16H17ClN2OS/c17-13-5-3-12(4-6-13)16(7-8-16)11-19-15(20)18-10-14-2-1-9-21-14/h1-6,9H,7-8,10-11H2,(H2,18,19,20). The van der Waals surface area contributed by atoms with Crippen molar-refractivity contribution in [2.45, 2.75) is 24.8 Å². The molecule has 0 spiro atoms. The molecular formula is C16H17ClN2OS. The third-order valence-electron chi connectivity index (χ3n) is 3.90. The Labute approximate surface area is 133 Å². The van der Waals surface area contributed by atoms with E-state index in [-0.39, 0.29) is 11.4 Å². The summed E-state index contributed by atoms with van der Waals surface area (Å²) < 4.78 is 0. The Morgan fingerprint density at radius 3 is 2.57 bits per heavy atom. The van der Waals surface area contributed by atoms with Crippen LogP contribution in [0, 0.1) is 0 Å². The second kappa shape index (κ2) is 6.08. The summed E-state index contributed by atoms with van der Waals surface area (Å²) in [6.07, 6.45) is 2.22. The summed E-state index contributed by atoms with van der Waals surface area (Å²) in [6, 6.07) is 11.8. The maximum atomic E-state index is 11.9. The molecule has 0 aliphatic heterocycles. The molecule has 1 fully saturated rings. The van der Waals surface area contributed by atoms with Gasteiger partial charge in [-0.2, -0.15) is 0 Å². The molecule has 2 aromatic rings. The van der Waals surface area contributed by atoms with Crippen molar-refractivity contribution in [3.05, 3.63) is 57.2 Å². The van der Waals surface area contributed by atoms with E-state index in [1.165, 1.54) is 5.56 Å². The van der Waals surface area contributed by atoms with Gasteiger partial charge in [-0.25, -0.2) is 4.79 Å². The highest BCUT2D eigenvalue weighted by Crippen LogP contribution is 2.47. The minimum absolute atomic E-state index is 0.102. The summed E-state index contributed by atoms with van der Waals surface area (Å²) in [5.74, 6) is 0. The third-order valence-corrected chi connectivity index (χ3v) is 5.03. The lowest BCUT2D eigenvalue weighted by Crippen LogP contribution is -2.39. The van der Waals surface area contributed by atoms with Gasteiger partial charge in [0.1, 0.15) is 0 Å². The first-order valence-electron chi connectivity index (χ1n) is 6.98. The number of amides is 2. The van der Waals surface area contributed by atoms with Crippen LogP contribution in [0.15, 0.2) is 41.8 Å². The molecule has 1 aliphatic carbocycles. The van der Waals surface area contributed by atoms with E-state index in [1.54, 1.807) is 11.3 Å². The van der Waals surface area contributed by atoms with Crippen molar-refractivity contribution in [2.75, 3.05) is 6.54 Å². The normalized spacial score (nSPS) is 15.5. The molecule has 5 heteroatoms. The molecule has 0 unspecified atom stereocenters. The average Bonchev–Trinajstić information content (AvgIpc) is 3.10. The van der Waals surface area contributed by atoms with Crippen LogP contribution in [0.3, 0.4) is 0 Å². The van der Waals surface area contributed by atoms with Crippen LogP contribution >= 0.6 is 22.9 Å². The van der Waals surface area contributed by atoms with Crippen molar-refractivity contribution in [2.24, 2.45) is 0 Å². The topological polar surface area (TPSA) is 41.1 Å². The Hall–Kier alpha value is -1.52. The zero-order valence-corrected chi connectivity index (χ0v) is 13.1. The second-order valence-corrected chi connectivity index (χ2v) is 6.87. The number of carbonyl (C=O) groups excluding carboxylic acids is 1. The van der Waals surface area contributed by atoms with E-state index in [1.807, 2.05) is 29.6 Å². The molecule has 1 heterocycles. The number of hydrogen-bond donors (Lipinski definition) is 2. The van der Waals surface area contributed by atoms with Crippen molar-refractivity contribution < 1.29 is 4.79 Å². The Morgan fingerprint density at radius 1 is 1.19 bits per heavy atom. The zero-order chi connectivity index (χ0) is 14.7. The number of carbonyl (C=O) groups is 1. The molecule has 0 radical (unpaired) electrons. The van der Waals surface area contributed by atoms with Gasteiger partial charge in [0, 0.05) is 21.9 Å². The van der Waals surface area contributed by atoms with Gasteiger partial charge in [-0.15, -0.1) is 11.3 Å². The smallest absolute Gasteiger partial charge is 0.315 e. The van der Waals surface area contributed by atoms with Crippen molar-refractivity contribution >= 4 is 29.0 Å². The van der Waals surface area contributed by atoms with Gasteiger partial charge in [-0.3, -0.25) is 0 Å². The van der Waals surface area contributed by atoms with Crippen LogP contribution in [0.2, 0.25) is 5.02 Å². The predicted octanol–water partition coefficient (Wildman–Crippen LogP) is 3.93. The van der Waals surface area contributed by atoms with E-state index in [0.29, 0.717) is 13.1 Å². The summed E-state index contributed by atoms with van der Waals surface area (Å²) in [5, 5.41) is 8.62. The molecule has 110 valence electrons. The molecule has 21 heavy (non-hydrogen) atoms. The third kappa shape index (κ3) is 3.57. The first-order chi connectivity index (χ1) is 10.2. The first kappa shape index (κ1) is 14.4. The van der Waals surface area contributed by atoms with Crippen LogP contribution < -0.4 is 10.6 Å². The van der Waals surface area contributed by atoms with Gasteiger partial charge in [-0.1, -0.05) is 29.8 Å². The molecule has 3 rings (SSSR count). The molecule has 0 bridgehead atoms. The van der Waals surface area contributed by atoms with Crippen molar-refractivity contribution in [1.82, 2.24) is 10.6 Å². The van der Waals surface area contributed by atoms with Gasteiger partial charge in [0.2, 0.25) is 0 Å². The first-order valence-corrected chi connectivity index (χ1v) is 8.24. The highest BCUT2D eigenvalue weighted by atomic mass is 35.5. The van der Waals surface area contributed by atoms with Crippen molar-refractivity contribution in [3.8, 4) is 0 Å². The van der Waals surface area contributed by atoms with Crippen molar-refractivity contribution in [3.63, 3.8) is 0 Å². The number of halogens is 1. The van der Waals surface area contributed by atoms with Crippen molar-refractivity contribution in [1.29, 1.82) is 0 Å². The number of hydrogen-bond acceptors (Lipinski definition) is 2. The number of nitrogens with one attached hydrogen (secondary N) is 2. The van der Waals surface area contributed by atoms with Crippen LogP contribution in [0.5, 0.6) is 0 Å². The van der Waals surface area contributed by atoms with E-state index >= 15 is 0 Å². The Balaban J connectivity index is 1.50. The molecule has 2 N–H and O–H groups in total. The molecule has 1 aromatic heterocycles. The van der Waals surface area contributed by atoms with Gasteiger partial charge < -0.3 is 10.6 Å². The van der Waals surface area contributed by atoms with Crippen LogP contribution in [0.1, 0.15) is 23.3 Å². The van der Waals surface area contributed by atoms with E-state index in [4.69, 9.17) is 11.6 Å². The largest absolute Gasteiger partial charge is 0.337 e. The minimum Gasteiger partial charge on any atom is -0.337 e.